The fraction of sp³-hybridized carbons (Fsp3) is 0.333. The van der Waals surface area contributed by atoms with Crippen LogP contribution in [0.5, 0.6) is 0 Å². The molecule has 0 fully saturated rings. The second kappa shape index (κ2) is 7.36. The molecule has 0 radical (unpaired) electrons. The minimum absolute atomic E-state index is 0.234. The van der Waals surface area contributed by atoms with Crippen LogP contribution >= 0.6 is 22.9 Å². The van der Waals surface area contributed by atoms with Crippen LogP contribution in [0.4, 0.5) is 0 Å². The van der Waals surface area contributed by atoms with Gasteiger partial charge in [-0.1, -0.05) is 23.7 Å². The van der Waals surface area contributed by atoms with Crippen LogP contribution in [0.3, 0.4) is 0 Å². The molecule has 126 valence electrons. The van der Waals surface area contributed by atoms with Crippen molar-refractivity contribution in [3.05, 3.63) is 56.2 Å². The van der Waals surface area contributed by atoms with E-state index in [0.717, 1.165) is 24.8 Å². The van der Waals surface area contributed by atoms with E-state index in [-0.39, 0.29) is 12.5 Å². The Balaban J connectivity index is 1.50. The van der Waals surface area contributed by atoms with E-state index in [0.29, 0.717) is 16.4 Å². The van der Waals surface area contributed by atoms with Crippen LogP contribution in [0.1, 0.15) is 32.1 Å². The van der Waals surface area contributed by atoms with E-state index in [2.05, 4.69) is 0 Å². The van der Waals surface area contributed by atoms with Crippen LogP contribution in [0.15, 0.2) is 30.3 Å². The normalized spacial score (nSPS) is 12.8. The first kappa shape index (κ1) is 17.0. The number of halogens is 1. The fourth-order valence-electron chi connectivity index (χ4n) is 2.69. The van der Waals surface area contributed by atoms with Gasteiger partial charge in [0, 0.05) is 23.5 Å². The zero-order valence-electron chi connectivity index (χ0n) is 13.4. The van der Waals surface area contributed by atoms with Crippen LogP contribution in [0, 0.1) is 0 Å². The number of esters is 1. The number of hydrogen-bond donors (Lipinski definition) is 0. The standard InChI is InChI=1S/C18H18ClNO3S/c1-20(10-12-5-7-14(19)8-6-12)17(21)11-23-18(22)16-9-13-3-2-4-15(13)24-16/h5-9H,2-4,10-11H2,1H3. The number of carbonyl (C=O) groups is 2. The Labute approximate surface area is 150 Å². The molecule has 0 saturated carbocycles. The Hall–Kier alpha value is -1.85. The lowest BCUT2D eigenvalue weighted by Gasteiger charge is -2.17. The molecule has 2 aromatic rings. The molecule has 1 aromatic heterocycles. The molecule has 3 rings (SSSR count). The molecule has 1 heterocycles. The highest BCUT2D eigenvalue weighted by Crippen LogP contribution is 2.30. The lowest BCUT2D eigenvalue weighted by atomic mass is 10.2. The molecule has 0 N–H and O–H groups in total. The molecule has 4 nitrogen and oxygen atoms in total. The summed E-state index contributed by atoms with van der Waals surface area (Å²) in [5.74, 6) is -0.648. The summed E-state index contributed by atoms with van der Waals surface area (Å²) in [6, 6.07) is 9.20. The number of likely N-dealkylation sites (N-methyl/N-ethyl adjacent to an activating group) is 1. The number of amides is 1. The third-order valence-electron chi connectivity index (χ3n) is 4.03. The molecule has 0 atom stereocenters. The van der Waals surface area contributed by atoms with Gasteiger partial charge in [0.2, 0.25) is 0 Å². The lowest BCUT2D eigenvalue weighted by Crippen LogP contribution is -2.30. The average Bonchev–Trinajstić information content (AvgIpc) is 3.16. The highest BCUT2D eigenvalue weighted by molar-refractivity contribution is 7.14. The number of thiophene rings is 1. The van der Waals surface area contributed by atoms with Crippen molar-refractivity contribution in [1.82, 2.24) is 4.90 Å². The van der Waals surface area contributed by atoms with E-state index in [1.807, 2.05) is 18.2 Å². The highest BCUT2D eigenvalue weighted by Gasteiger charge is 2.20. The molecule has 0 saturated heterocycles. The Morgan fingerprint density at radius 1 is 1.25 bits per heavy atom. The van der Waals surface area contributed by atoms with Crippen molar-refractivity contribution in [2.24, 2.45) is 0 Å². The summed E-state index contributed by atoms with van der Waals surface area (Å²) < 4.78 is 5.16. The Kier molecular flexibility index (Phi) is 5.21. The van der Waals surface area contributed by atoms with Crippen molar-refractivity contribution in [3.63, 3.8) is 0 Å². The van der Waals surface area contributed by atoms with Crippen molar-refractivity contribution in [2.45, 2.75) is 25.8 Å². The zero-order chi connectivity index (χ0) is 17.1. The maximum Gasteiger partial charge on any atom is 0.348 e. The van der Waals surface area contributed by atoms with Gasteiger partial charge in [-0.2, -0.15) is 0 Å². The lowest BCUT2D eigenvalue weighted by molar-refractivity contribution is -0.133. The van der Waals surface area contributed by atoms with E-state index in [1.54, 1.807) is 19.2 Å². The zero-order valence-corrected chi connectivity index (χ0v) is 15.0. The quantitative estimate of drug-likeness (QED) is 0.761. The van der Waals surface area contributed by atoms with Crippen molar-refractivity contribution in [3.8, 4) is 0 Å². The van der Waals surface area contributed by atoms with Crippen LogP contribution in [0.2, 0.25) is 5.02 Å². The van der Waals surface area contributed by atoms with Gasteiger partial charge < -0.3 is 9.64 Å². The average molecular weight is 364 g/mol. The molecule has 1 aromatic carbocycles. The maximum absolute atomic E-state index is 12.1. The summed E-state index contributed by atoms with van der Waals surface area (Å²) in [5.41, 5.74) is 2.22. The monoisotopic (exact) mass is 363 g/mol. The highest BCUT2D eigenvalue weighted by atomic mass is 35.5. The molecule has 1 aliphatic rings. The number of carbonyl (C=O) groups excluding carboxylic acids is 2. The first-order valence-electron chi connectivity index (χ1n) is 7.80. The summed E-state index contributed by atoms with van der Waals surface area (Å²) >= 11 is 7.33. The molecular weight excluding hydrogens is 346 g/mol. The molecular formula is C18H18ClNO3S. The smallest absolute Gasteiger partial charge is 0.348 e. The first-order chi connectivity index (χ1) is 11.5. The van der Waals surface area contributed by atoms with Gasteiger partial charge in [0.1, 0.15) is 4.88 Å². The van der Waals surface area contributed by atoms with E-state index in [1.165, 1.54) is 26.7 Å². The maximum atomic E-state index is 12.1. The van der Waals surface area contributed by atoms with Crippen LogP contribution in [-0.2, 0) is 28.9 Å². The summed E-state index contributed by atoms with van der Waals surface area (Å²) in [6.45, 7) is 0.201. The third-order valence-corrected chi connectivity index (χ3v) is 5.50. The topological polar surface area (TPSA) is 46.6 Å². The minimum atomic E-state index is -0.414. The number of fused-ring (bicyclic) bond motifs is 1. The van der Waals surface area contributed by atoms with Gasteiger partial charge in [-0.15, -0.1) is 11.3 Å². The summed E-state index contributed by atoms with van der Waals surface area (Å²) in [5, 5.41) is 0.657. The number of hydrogen-bond acceptors (Lipinski definition) is 4. The van der Waals surface area contributed by atoms with Gasteiger partial charge in [-0.3, -0.25) is 4.79 Å². The second-order valence-corrected chi connectivity index (χ2v) is 7.44. The van der Waals surface area contributed by atoms with E-state index in [4.69, 9.17) is 16.3 Å². The Morgan fingerprint density at radius 2 is 2.00 bits per heavy atom. The molecule has 6 heteroatoms. The predicted molar refractivity (Wildman–Crippen MR) is 94.6 cm³/mol. The van der Waals surface area contributed by atoms with Gasteiger partial charge in [-0.25, -0.2) is 4.79 Å². The third kappa shape index (κ3) is 3.97. The minimum Gasteiger partial charge on any atom is -0.451 e. The molecule has 0 unspecified atom stereocenters. The SMILES string of the molecule is CN(Cc1ccc(Cl)cc1)C(=O)COC(=O)c1cc2c(s1)CCC2. The molecule has 1 amide bonds. The summed E-state index contributed by atoms with van der Waals surface area (Å²) in [4.78, 5) is 27.6. The number of nitrogens with zero attached hydrogens (tertiary/aromatic N) is 1. The largest absolute Gasteiger partial charge is 0.451 e. The Morgan fingerprint density at radius 3 is 2.71 bits per heavy atom. The number of ether oxygens (including phenoxy) is 1. The summed E-state index contributed by atoms with van der Waals surface area (Å²) in [7, 11) is 1.68. The van der Waals surface area contributed by atoms with Crippen molar-refractivity contribution < 1.29 is 14.3 Å². The first-order valence-corrected chi connectivity index (χ1v) is 8.99. The van der Waals surface area contributed by atoms with Crippen molar-refractivity contribution in [2.75, 3.05) is 13.7 Å². The van der Waals surface area contributed by atoms with E-state index < -0.39 is 5.97 Å². The van der Waals surface area contributed by atoms with Gasteiger partial charge in [0.15, 0.2) is 6.61 Å². The van der Waals surface area contributed by atoms with E-state index in [9.17, 15) is 9.59 Å². The Bertz CT molecular complexity index is 733. The second-order valence-electron chi connectivity index (χ2n) is 5.87. The van der Waals surface area contributed by atoms with Gasteiger partial charge in [0.25, 0.3) is 5.91 Å². The number of benzene rings is 1. The molecule has 0 aliphatic heterocycles. The molecule has 0 spiro atoms. The fourth-order valence-corrected chi connectivity index (χ4v) is 3.96. The van der Waals surface area contributed by atoms with E-state index >= 15 is 0 Å². The van der Waals surface area contributed by atoms with Crippen molar-refractivity contribution in [1.29, 1.82) is 0 Å². The summed E-state index contributed by atoms with van der Waals surface area (Å²) in [6.07, 6.45) is 3.22. The number of aryl methyl sites for hydroxylation is 2. The van der Waals surface area contributed by atoms with Gasteiger partial charge in [-0.05, 0) is 48.6 Å². The van der Waals surface area contributed by atoms with Crippen LogP contribution in [0.25, 0.3) is 0 Å². The van der Waals surface area contributed by atoms with Gasteiger partial charge >= 0.3 is 5.97 Å². The molecule has 24 heavy (non-hydrogen) atoms. The van der Waals surface area contributed by atoms with Gasteiger partial charge in [0.05, 0.1) is 0 Å². The van der Waals surface area contributed by atoms with Crippen molar-refractivity contribution >= 4 is 34.8 Å². The van der Waals surface area contributed by atoms with Crippen LogP contribution < -0.4 is 0 Å². The predicted octanol–water partition coefficient (Wildman–Crippen LogP) is 3.71. The molecule has 0 bridgehead atoms. The molecule has 1 aliphatic carbocycles. The van der Waals surface area contributed by atoms with Crippen LogP contribution in [-0.4, -0.2) is 30.4 Å². The number of rotatable bonds is 5.